The van der Waals surface area contributed by atoms with Crippen molar-refractivity contribution in [1.29, 1.82) is 0 Å². The first kappa shape index (κ1) is 20.9. The van der Waals surface area contributed by atoms with Gasteiger partial charge in [0.05, 0.1) is 0 Å². The van der Waals surface area contributed by atoms with Crippen LogP contribution in [-0.2, 0) is 6.54 Å². The quantitative estimate of drug-likeness (QED) is 0.313. The molecule has 1 nitrogen and oxygen atoms in total. The molecule has 0 saturated heterocycles. The van der Waals surface area contributed by atoms with Gasteiger partial charge in [0.15, 0.2) is 0 Å². The number of rotatable bonds is 3. The number of hydrogen-bond donors (Lipinski definition) is 1. The highest BCUT2D eigenvalue weighted by atomic mass is 14.5. The van der Waals surface area contributed by atoms with Crippen LogP contribution in [0.25, 0.3) is 33.0 Å². The van der Waals surface area contributed by atoms with E-state index in [2.05, 4.69) is 103 Å². The van der Waals surface area contributed by atoms with Crippen LogP contribution in [-0.4, -0.2) is 0 Å². The number of allylic oxidation sites excluding steroid dienone is 8. The zero-order chi connectivity index (χ0) is 24.2. The minimum atomic E-state index is 0.318. The third-order valence-electron chi connectivity index (χ3n) is 7.97. The Hall–Kier alpha value is -4.38. The Kier molecular flexibility index (Phi) is 4.71. The molecule has 36 heavy (non-hydrogen) atoms. The fourth-order valence-corrected chi connectivity index (χ4v) is 6.25. The average molecular weight is 460 g/mol. The third kappa shape index (κ3) is 3.02. The molecule has 170 valence electrons. The lowest BCUT2D eigenvalue weighted by atomic mass is 9.63. The normalized spacial score (nSPS) is 19.2. The first-order valence-corrected chi connectivity index (χ1v) is 12.5. The van der Waals surface area contributed by atoms with Crippen molar-refractivity contribution in [3.63, 3.8) is 0 Å². The zero-order valence-corrected chi connectivity index (χ0v) is 19.9. The number of hydrogen-bond acceptors (Lipinski definition) is 1. The molecule has 0 spiro atoms. The number of nitrogens with two attached hydrogens (primary N) is 1. The molecule has 3 aliphatic carbocycles. The molecule has 3 aliphatic rings. The lowest BCUT2D eigenvalue weighted by molar-refractivity contribution is 0.688. The van der Waals surface area contributed by atoms with E-state index in [0.29, 0.717) is 18.4 Å². The minimum Gasteiger partial charge on any atom is -0.326 e. The van der Waals surface area contributed by atoms with Crippen molar-refractivity contribution >= 4 is 21.9 Å². The minimum absolute atomic E-state index is 0.318. The standard InChI is InChI=1S/C35H25N/c1-2-22-9-13-24(14-10-22)26-17-19-32-33-20-18-27(25-15-11-23(21-36)12-16-25)29-6-4-8-31(35(29)33)30-7-3-5-28(26)34(30)32/h1,3-20,31,35H,21,36H2. The van der Waals surface area contributed by atoms with Crippen molar-refractivity contribution in [2.45, 2.75) is 12.5 Å². The van der Waals surface area contributed by atoms with Gasteiger partial charge in [0.2, 0.25) is 0 Å². The van der Waals surface area contributed by atoms with Crippen LogP contribution in [0.1, 0.15) is 33.7 Å². The molecule has 1 heteroatoms. The van der Waals surface area contributed by atoms with Gasteiger partial charge in [0, 0.05) is 23.9 Å². The van der Waals surface area contributed by atoms with Crippen LogP contribution in [0, 0.1) is 18.3 Å². The first-order chi connectivity index (χ1) is 17.8. The molecule has 0 fully saturated rings. The van der Waals surface area contributed by atoms with E-state index in [-0.39, 0.29) is 0 Å². The van der Waals surface area contributed by atoms with Crippen molar-refractivity contribution in [1.82, 2.24) is 0 Å². The first-order valence-electron chi connectivity index (χ1n) is 12.5. The van der Waals surface area contributed by atoms with Crippen molar-refractivity contribution in [3.8, 4) is 23.5 Å². The number of benzene rings is 4. The summed E-state index contributed by atoms with van der Waals surface area (Å²) in [5, 5.41) is 2.67. The summed E-state index contributed by atoms with van der Waals surface area (Å²) in [6.07, 6.45) is 17.2. The lowest BCUT2D eigenvalue weighted by Gasteiger charge is -2.40. The summed E-state index contributed by atoms with van der Waals surface area (Å²) >= 11 is 0. The Labute approximate surface area is 212 Å². The van der Waals surface area contributed by atoms with Crippen molar-refractivity contribution in [2.24, 2.45) is 11.7 Å². The molecule has 0 heterocycles. The van der Waals surface area contributed by atoms with E-state index in [1.54, 1.807) is 0 Å². The molecule has 7 rings (SSSR count). The molecule has 2 atom stereocenters. The molecular weight excluding hydrogens is 434 g/mol. The highest BCUT2D eigenvalue weighted by Gasteiger charge is 2.39. The van der Waals surface area contributed by atoms with E-state index in [1.807, 2.05) is 12.1 Å². The van der Waals surface area contributed by atoms with Gasteiger partial charge in [-0.3, -0.25) is 0 Å². The summed E-state index contributed by atoms with van der Waals surface area (Å²) < 4.78 is 0. The molecule has 0 amide bonds. The van der Waals surface area contributed by atoms with E-state index >= 15 is 0 Å². The van der Waals surface area contributed by atoms with E-state index in [0.717, 1.165) is 11.1 Å². The molecule has 2 N–H and O–H groups in total. The maximum Gasteiger partial charge on any atom is 0.0243 e. The molecule has 0 aliphatic heterocycles. The average Bonchev–Trinajstić information content (AvgIpc) is 2.95. The van der Waals surface area contributed by atoms with Crippen LogP contribution in [0.2, 0.25) is 0 Å². The second kappa shape index (κ2) is 8.09. The molecular formula is C35H25N. The predicted octanol–water partition coefficient (Wildman–Crippen LogP) is 7.64. The largest absolute Gasteiger partial charge is 0.326 e. The summed E-state index contributed by atoms with van der Waals surface area (Å²) in [7, 11) is 0. The molecule has 4 aromatic rings. The molecule has 0 aromatic heterocycles. The van der Waals surface area contributed by atoms with Gasteiger partial charge < -0.3 is 5.73 Å². The molecule has 0 bridgehead atoms. The van der Waals surface area contributed by atoms with Crippen molar-refractivity contribution < 1.29 is 0 Å². The van der Waals surface area contributed by atoms with Gasteiger partial charge in [-0.2, -0.15) is 0 Å². The molecule has 0 saturated carbocycles. The van der Waals surface area contributed by atoms with Gasteiger partial charge in [-0.25, -0.2) is 0 Å². The van der Waals surface area contributed by atoms with Gasteiger partial charge >= 0.3 is 0 Å². The van der Waals surface area contributed by atoms with Gasteiger partial charge in [0.25, 0.3) is 0 Å². The van der Waals surface area contributed by atoms with Gasteiger partial charge in [0.1, 0.15) is 0 Å². The Morgan fingerprint density at radius 3 is 2.31 bits per heavy atom. The lowest BCUT2D eigenvalue weighted by Crippen LogP contribution is -2.24. The van der Waals surface area contributed by atoms with E-state index < -0.39 is 0 Å². The van der Waals surface area contributed by atoms with E-state index in [1.165, 1.54) is 55.3 Å². The molecule has 0 radical (unpaired) electrons. The molecule has 2 unspecified atom stereocenters. The Bertz CT molecular complexity index is 1700. The van der Waals surface area contributed by atoms with Gasteiger partial charge in [-0.15, -0.1) is 6.42 Å². The number of terminal acetylenes is 1. The SMILES string of the molecule is C#Cc1ccc(-c2ccc3c4c(cccc24)C2C=CC=C4C(c5ccc(CN)cc5)=CC=C3C42)cc1. The van der Waals surface area contributed by atoms with Crippen LogP contribution in [0.4, 0.5) is 0 Å². The van der Waals surface area contributed by atoms with Gasteiger partial charge in [-0.05, 0) is 73.0 Å². The summed E-state index contributed by atoms with van der Waals surface area (Å²) in [5.41, 5.74) is 18.5. The smallest absolute Gasteiger partial charge is 0.0243 e. The summed E-state index contributed by atoms with van der Waals surface area (Å²) in [5.74, 6) is 3.36. The van der Waals surface area contributed by atoms with E-state index in [9.17, 15) is 0 Å². The Morgan fingerprint density at radius 2 is 1.53 bits per heavy atom. The van der Waals surface area contributed by atoms with Crippen molar-refractivity contribution in [3.05, 3.63) is 143 Å². The third-order valence-corrected chi connectivity index (χ3v) is 7.97. The highest BCUT2D eigenvalue weighted by Crippen LogP contribution is 2.56. The summed E-state index contributed by atoms with van der Waals surface area (Å²) in [6.45, 7) is 0.566. The Morgan fingerprint density at radius 1 is 0.750 bits per heavy atom. The maximum absolute atomic E-state index is 5.84. The fourth-order valence-electron chi connectivity index (χ4n) is 6.25. The fraction of sp³-hybridized carbons (Fsp3) is 0.0857. The van der Waals surface area contributed by atoms with Crippen LogP contribution in [0.3, 0.4) is 0 Å². The summed E-state index contributed by atoms with van der Waals surface area (Å²) in [4.78, 5) is 0. The van der Waals surface area contributed by atoms with Crippen LogP contribution >= 0.6 is 0 Å². The van der Waals surface area contributed by atoms with Crippen LogP contribution in [0.5, 0.6) is 0 Å². The van der Waals surface area contributed by atoms with Crippen LogP contribution in [0.15, 0.2) is 115 Å². The van der Waals surface area contributed by atoms with Crippen molar-refractivity contribution in [2.75, 3.05) is 0 Å². The Balaban J connectivity index is 1.43. The van der Waals surface area contributed by atoms with Gasteiger partial charge in [-0.1, -0.05) is 103 Å². The maximum atomic E-state index is 5.84. The summed E-state index contributed by atoms with van der Waals surface area (Å²) in [6, 6.07) is 28.4. The van der Waals surface area contributed by atoms with Crippen LogP contribution < -0.4 is 5.73 Å². The molecule has 4 aromatic carbocycles. The second-order valence-corrected chi connectivity index (χ2v) is 9.77. The number of fused-ring (bicyclic) bond motifs is 2. The second-order valence-electron chi connectivity index (χ2n) is 9.77. The zero-order valence-electron chi connectivity index (χ0n) is 19.9. The predicted molar refractivity (Wildman–Crippen MR) is 151 cm³/mol. The van der Waals surface area contributed by atoms with E-state index in [4.69, 9.17) is 12.2 Å². The monoisotopic (exact) mass is 459 g/mol. The topological polar surface area (TPSA) is 26.0 Å². The highest BCUT2D eigenvalue weighted by molar-refractivity contribution is 6.08.